The van der Waals surface area contributed by atoms with E-state index in [1.807, 2.05) is 54.0 Å². The first kappa shape index (κ1) is 26.6. The quantitative estimate of drug-likeness (QED) is 0.176. The summed E-state index contributed by atoms with van der Waals surface area (Å²) in [5.74, 6) is 0.273. The number of carbonyl (C=O) groups is 1. The molecule has 1 amide bonds. The van der Waals surface area contributed by atoms with Crippen LogP contribution in [0.3, 0.4) is 0 Å². The van der Waals surface area contributed by atoms with Crippen molar-refractivity contribution in [3.8, 4) is 23.1 Å². The number of amides is 1. The molecule has 0 aliphatic heterocycles. The van der Waals surface area contributed by atoms with Crippen LogP contribution in [0.2, 0.25) is 0 Å². The molecule has 0 spiro atoms. The molecule has 1 heterocycles. The number of nitrogens with one attached hydrogen (secondary N) is 1. The number of nitrogens with zero attached hydrogens (tertiary/aromatic N) is 5. The van der Waals surface area contributed by atoms with Gasteiger partial charge in [-0.3, -0.25) is 19.5 Å². The summed E-state index contributed by atoms with van der Waals surface area (Å²) in [6.45, 7) is 8.48. The number of nitro groups is 1. The summed E-state index contributed by atoms with van der Waals surface area (Å²) >= 11 is 1.21. The second kappa shape index (κ2) is 10.9. The minimum Gasteiger partial charge on any atom is -0.324 e. The summed E-state index contributed by atoms with van der Waals surface area (Å²) in [5.41, 5.74) is 4.06. The fourth-order valence-corrected chi connectivity index (χ4v) is 4.61. The van der Waals surface area contributed by atoms with Crippen LogP contribution < -0.4 is 5.32 Å². The van der Waals surface area contributed by atoms with Gasteiger partial charge >= 0.3 is 0 Å². The third-order valence-electron chi connectivity index (χ3n) is 5.94. The van der Waals surface area contributed by atoms with E-state index in [2.05, 4.69) is 48.4 Å². The van der Waals surface area contributed by atoms with Gasteiger partial charge in [0.1, 0.15) is 6.07 Å². The van der Waals surface area contributed by atoms with E-state index in [1.54, 1.807) is 0 Å². The molecule has 0 fully saturated rings. The van der Waals surface area contributed by atoms with Gasteiger partial charge in [-0.15, -0.1) is 10.2 Å². The van der Waals surface area contributed by atoms with Crippen molar-refractivity contribution in [3.05, 3.63) is 93.5 Å². The van der Waals surface area contributed by atoms with Gasteiger partial charge in [0, 0.05) is 17.7 Å². The van der Waals surface area contributed by atoms with Gasteiger partial charge in [-0.2, -0.15) is 5.26 Å². The summed E-state index contributed by atoms with van der Waals surface area (Å²) in [5, 5.41) is 32.4. The van der Waals surface area contributed by atoms with Crippen molar-refractivity contribution in [2.45, 2.75) is 38.3 Å². The fourth-order valence-electron chi connectivity index (χ4n) is 3.86. The fraction of sp³-hybridized carbons (Fsp3) is 0.214. The number of non-ortho nitro benzene ring substituents is 1. The molecule has 0 aliphatic carbocycles. The van der Waals surface area contributed by atoms with Crippen LogP contribution in [-0.4, -0.2) is 31.3 Å². The predicted octanol–water partition coefficient (Wildman–Crippen LogP) is 6.05. The molecule has 3 aromatic carbocycles. The zero-order valence-corrected chi connectivity index (χ0v) is 22.2. The number of nitro benzene ring substituents is 1. The Labute approximate surface area is 224 Å². The molecule has 0 bridgehead atoms. The Morgan fingerprint density at radius 2 is 1.82 bits per heavy atom. The second-order valence-electron chi connectivity index (χ2n) is 9.69. The van der Waals surface area contributed by atoms with Gasteiger partial charge in [0.15, 0.2) is 11.0 Å². The van der Waals surface area contributed by atoms with Gasteiger partial charge in [0.2, 0.25) is 5.91 Å². The minimum absolute atomic E-state index is 0.00513. The summed E-state index contributed by atoms with van der Waals surface area (Å²) in [4.78, 5) is 23.2. The van der Waals surface area contributed by atoms with Gasteiger partial charge < -0.3 is 5.32 Å². The maximum Gasteiger partial charge on any atom is 0.270 e. The molecule has 0 atom stereocenters. The number of nitriles is 1. The van der Waals surface area contributed by atoms with Crippen LogP contribution in [0.5, 0.6) is 0 Å². The smallest absolute Gasteiger partial charge is 0.270 e. The van der Waals surface area contributed by atoms with Crippen LogP contribution in [0.15, 0.2) is 71.9 Å². The van der Waals surface area contributed by atoms with E-state index in [9.17, 15) is 20.2 Å². The summed E-state index contributed by atoms with van der Waals surface area (Å²) in [7, 11) is 0. The second-order valence-corrected chi connectivity index (χ2v) is 10.6. The largest absolute Gasteiger partial charge is 0.324 e. The molecule has 0 saturated heterocycles. The zero-order valence-electron chi connectivity index (χ0n) is 21.4. The van der Waals surface area contributed by atoms with E-state index in [-0.39, 0.29) is 34.0 Å². The van der Waals surface area contributed by atoms with Crippen molar-refractivity contribution in [3.63, 3.8) is 0 Å². The first-order chi connectivity index (χ1) is 18.1. The Kier molecular flexibility index (Phi) is 7.60. The Balaban J connectivity index is 1.61. The molecule has 0 radical (unpaired) electrons. The molecular weight excluding hydrogens is 500 g/mol. The van der Waals surface area contributed by atoms with E-state index in [0.717, 1.165) is 22.9 Å². The number of hydrogen-bond acceptors (Lipinski definition) is 7. The minimum atomic E-state index is -0.588. The van der Waals surface area contributed by atoms with Gasteiger partial charge in [0.05, 0.1) is 27.6 Å². The summed E-state index contributed by atoms with van der Waals surface area (Å²) in [6.07, 6.45) is 0. The maximum absolute atomic E-state index is 12.8. The molecule has 1 N–H and O–H groups in total. The number of carbonyl (C=O) groups excluding carboxylic acids is 1. The number of benzene rings is 3. The van der Waals surface area contributed by atoms with Crippen molar-refractivity contribution in [1.29, 1.82) is 5.26 Å². The number of anilines is 1. The van der Waals surface area contributed by atoms with Gasteiger partial charge in [-0.05, 0) is 35.6 Å². The van der Waals surface area contributed by atoms with E-state index in [1.165, 1.54) is 29.5 Å². The number of aryl methyl sites for hydroxylation is 1. The van der Waals surface area contributed by atoms with Crippen LogP contribution >= 0.6 is 11.8 Å². The number of aromatic nitrogens is 3. The predicted molar refractivity (Wildman–Crippen MR) is 147 cm³/mol. The van der Waals surface area contributed by atoms with Crippen molar-refractivity contribution in [2.75, 3.05) is 11.1 Å². The topological polar surface area (TPSA) is 127 Å². The first-order valence-corrected chi connectivity index (χ1v) is 12.8. The molecule has 0 saturated carbocycles. The van der Waals surface area contributed by atoms with Crippen molar-refractivity contribution in [1.82, 2.24) is 14.8 Å². The highest BCUT2D eigenvalue weighted by Gasteiger charge is 2.20. The lowest BCUT2D eigenvalue weighted by Gasteiger charge is -2.19. The molecule has 10 heteroatoms. The van der Waals surface area contributed by atoms with Crippen LogP contribution in [0.25, 0.3) is 17.1 Å². The molecule has 192 valence electrons. The molecule has 0 unspecified atom stereocenters. The number of thioether (sulfide) groups is 1. The van der Waals surface area contributed by atoms with Crippen LogP contribution in [0, 0.1) is 28.4 Å². The Bertz CT molecular complexity index is 1550. The van der Waals surface area contributed by atoms with Gasteiger partial charge in [0.25, 0.3) is 5.69 Å². The Morgan fingerprint density at radius 1 is 1.11 bits per heavy atom. The monoisotopic (exact) mass is 526 g/mol. The van der Waals surface area contributed by atoms with Crippen LogP contribution in [-0.2, 0) is 10.2 Å². The van der Waals surface area contributed by atoms with E-state index in [4.69, 9.17) is 0 Å². The van der Waals surface area contributed by atoms with Crippen LogP contribution in [0.4, 0.5) is 11.4 Å². The van der Waals surface area contributed by atoms with Crippen molar-refractivity contribution < 1.29 is 9.72 Å². The summed E-state index contributed by atoms with van der Waals surface area (Å²) < 4.78 is 1.94. The molecule has 0 aliphatic rings. The highest BCUT2D eigenvalue weighted by atomic mass is 32.2. The first-order valence-electron chi connectivity index (χ1n) is 11.8. The molecule has 38 heavy (non-hydrogen) atoms. The Hall–Kier alpha value is -4.49. The SMILES string of the molecule is Cc1ccccc1-n1c(SCC(=O)Nc2ccc([N+](=O)[O-])cc2C#N)nnc1-c1ccc(C(C)(C)C)cc1. The molecule has 4 aromatic rings. The van der Waals surface area contributed by atoms with E-state index >= 15 is 0 Å². The molecular formula is C28H26N6O3S. The van der Waals surface area contributed by atoms with E-state index < -0.39 is 4.92 Å². The molecule has 9 nitrogen and oxygen atoms in total. The zero-order chi connectivity index (χ0) is 27.4. The summed E-state index contributed by atoms with van der Waals surface area (Å²) in [6, 6.07) is 21.7. The maximum atomic E-state index is 12.8. The Morgan fingerprint density at radius 3 is 2.45 bits per heavy atom. The molecule has 4 rings (SSSR count). The lowest BCUT2D eigenvalue weighted by atomic mass is 9.87. The normalized spacial score (nSPS) is 11.1. The van der Waals surface area contributed by atoms with Crippen LogP contribution in [0.1, 0.15) is 37.5 Å². The average molecular weight is 527 g/mol. The lowest BCUT2D eigenvalue weighted by molar-refractivity contribution is -0.384. The average Bonchev–Trinajstić information content (AvgIpc) is 3.31. The third-order valence-corrected chi connectivity index (χ3v) is 6.87. The third kappa shape index (κ3) is 5.74. The standard InChI is InChI=1S/C28H26N6O3S/c1-18-7-5-6-8-24(18)33-26(19-9-11-21(12-10-19)28(2,3)4)31-32-27(33)38-17-25(35)30-23-14-13-22(34(36)37)15-20(23)16-29/h5-15H,17H2,1-4H3,(H,30,35). The van der Waals surface area contributed by atoms with Gasteiger partial charge in [-0.25, -0.2) is 0 Å². The molecule has 1 aromatic heterocycles. The highest BCUT2D eigenvalue weighted by molar-refractivity contribution is 7.99. The van der Waals surface area contributed by atoms with E-state index in [0.29, 0.717) is 11.0 Å². The van der Waals surface area contributed by atoms with Gasteiger partial charge in [-0.1, -0.05) is 75.0 Å². The highest BCUT2D eigenvalue weighted by Crippen LogP contribution is 2.31. The van der Waals surface area contributed by atoms with Crippen molar-refractivity contribution in [2.24, 2.45) is 0 Å². The number of rotatable bonds is 7. The number of hydrogen-bond donors (Lipinski definition) is 1. The lowest BCUT2D eigenvalue weighted by Crippen LogP contribution is -2.15. The number of para-hydroxylation sites is 1. The van der Waals surface area contributed by atoms with Crippen molar-refractivity contribution >= 4 is 29.0 Å².